The first kappa shape index (κ1) is 20.8. The van der Waals surface area contributed by atoms with E-state index in [9.17, 15) is 14.4 Å². The molecule has 0 aliphatic heterocycles. The molecular weight excluding hydrogens is 384 g/mol. The molecule has 2 N–H and O–H groups in total. The van der Waals surface area contributed by atoms with E-state index in [4.69, 9.17) is 4.74 Å². The smallest absolute Gasteiger partial charge is 0.253 e. The monoisotopic (exact) mass is 406 g/mol. The van der Waals surface area contributed by atoms with Gasteiger partial charge in [-0.25, -0.2) is 4.98 Å². The van der Waals surface area contributed by atoms with Crippen molar-refractivity contribution in [3.8, 4) is 17.0 Å². The van der Waals surface area contributed by atoms with E-state index in [0.29, 0.717) is 11.3 Å². The number of rotatable bonds is 8. The maximum atomic E-state index is 12.3. The van der Waals surface area contributed by atoms with E-state index in [2.05, 4.69) is 15.6 Å². The van der Waals surface area contributed by atoms with Crippen molar-refractivity contribution in [2.24, 2.45) is 0 Å². The summed E-state index contributed by atoms with van der Waals surface area (Å²) in [7, 11) is 1.59. The minimum Gasteiger partial charge on any atom is -0.497 e. The molecule has 3 rings (SSSR count). The summed E-state index contributed by atoms with van der Waals surface area (Å²) in [5, 5.41) is 5.22. The number of methoxy groups -OCH3 is 1. The summed E-state index contributed by atoms with van der Waals surface area (Å²) >= 11 is 0. The molecule has 8 heteroatoms. The van der Waals surface area contributed by atoms with Crippen LogP contribution in [0.15, 0.2) is 71.8 Å². The highest BCUT2D eigenvalue weighted by molar-refractivity contribution is 5.96. The molecule has 3 aromatic rings. The van der Waals surface area contributed by atoms with Crippen LogP contribution >= 0.6 is 0 Å². The molecule has 30 heavy (non-hydrogen) atoms. The van der Waals surface area contributed by atoms with E-state index in [1.165, 1.54) is 17.0 Å². The molecule has 2 amide bonds. The number of carbonyl (C=O) groups excluding carboxylic acids is 2. The van der Waals surface area contributed by atoms with Gasteiger partial charge in [-0.15, -0.1) is 0 Å². The first-order valence-corrected chi connectivity index (χ1v) is 9.37. The molecule has 0 aliphatic rings. The highest BCUT2D eigenvalue weighted by Gasteiger charge is 2.08. The number of aromatic nitrogens is 2. The highest BCUT2D eigenvalue weighted by atomic mass is 16.5. The number of nitrogens with one attached hydrogen (secondary N) is 2. The van der Waals surface area contributed by atoms with Crippen molar-refractivity contribution < 1.29 is 14.3 Å². The molecule has 0 spiro atoms. The summed E-state index contributed by atoms with van der Waals surface area (Å²) < 4.78 is 6.53. The van der Waals surface area contributed by atoms with Gasteiger partial charge in [0, 0.05) is 30.3 Å². The molecule has 1 heterocycles. The van der Waals surface area contributed by atoms with Crippen molar-refractivity contribution in [2.45, 2.75) is 6.54 Å². The van der Waals surface area contributed by atoms with Gasteiger partial charge in [0.25, 0.3) is 11.5 Å². The van der Waals surface area contributed by atoms with Gasteiger partial charge >= 0.3 is 0 Å². The number of benzene rings is 2. The SMILES string of the molecule is COc1ccc(-c2cc(=O)n(CCNC(=O)CNC(=O)c3ccccc3)cn2)cc1. The zero-order valence-corrected chi connectivity index (χ0v) is 16.5. The van der Waals surface area contributed by atoms with Crippen molar-refractivity contribution in [1.82, 2.24) is 20.2 Å². The minimum atomic E-state index is -0.338. The molecule has 0 saturated carbocycles. The van der Waals surface area contributed by atoms with Crippen molar-refractivity contribution in [3.63, 3.8) is 0 Å². The summed E-state index contributed by atoms with van der Waals surface area (Å²) in [6.45, 7) is 0.369. The molecule has 154 valence electrons. The molecule has 0 unspecified atom stereocenters. The van der Waals surface area contributed by atoms with Crippen molar-refractivity contribution in [1.29, 1.82) is 0 Å². The summed E-state index contributed by atoms with van der Waals surface area (Å²) in [4.78, 5) is 40.4. The molecule has 0 saturated heterocycles. The molecule has 0 radical (unpaired) electrons. The second kappa shape index (κ2) is 10.0. The highest BCUT2D eigenvalue weighted by Crippen LogP contribution is 2.19. The molecule has 1 aromatic heterocycles. The zero-order valence-electron chi connectivity index (χ0n) is 16.5. The lowest BCUT2D eigenvalue weighted by Crippen LogP contribution is -2.38. The second-order valence-corrected chi connectivity index (χ2v) is 6.43. The minimum absolute atomic E-state index is 0.142. The van der Waals surface area contributed by atoms with Crippen LogP contribution < -0.4 is 20.9 Å². The van der Waals surface area contributed by atoms with E-state index in [1.54, 1.807) is 43.5 Å². The Hall–Kier alpha value is -3.94. The Morgan fingerprint density at radius 1 is 1.03 bits per heavy atom. The fourth-order valence-electron chi connectivity index (χ4n) is 2.74. The van der Waals surface area contributed by atoms with Crippen LogP contribution in [0.1, 0.15) is 10.4 Å². The quantitative estimate of drug-likeness (QED) is 0.590. The Balaban J connectivity index is 1.48. The molecule has 0 fully saturated rings. The molecular formula is C22H22N4O4. The van der Waals surface area contributed by atoms with Gasteiger partial charge in [-0.2, -0.15) is 0 Å². The third-order valence-electron chi connectivity index (χ3n) is 4.39. The maximum Gasteiger partial charge on any atom is 0.253 e. The van der Waals surface area contributed by atoms with Crippen molar-refractivity contribution in [3.05, 3.63) is 82.9 Å². The largest absolute Gasteiger partial charge is 0.497 e. The van der Waals surface area contributed by atoms with Crippen LogP contribution in [0.25, 0.3) is 11.3 Å². The van der Waals surface area contributed by atoms with Gasteiger partial charge in [0.15, 0.2) is 0 Å². The van der Waals surface area contributed by atoms with Crippen LogP contribution in [-0.4, -0.2) is 41.6 Å². The first-order valence-electron chi connectivity index (χ1n) is 9.37. The lowest BCUT2D eigenvalue weighted by Gasteiger charge is -2.09. The van der Waals surface area contributed by atoms with Gasteiger partial charge in [-0.1, -0.05) is 18.2 Å². The van der Waals surface area contributed by atoms with Crippen LogP contribution in [0.4, 0.5) is 0 Å². The number of hydrogen-bond acceptors (Lipinski definition) is 5. The Labute approximate surface area is 173 Å². The van der Waals surface area contributed by atoms with Gasteiger partial charge in [0.05, 0.1) is 25.7 Å². The lowest BCUT2D eigenvalue weighted by atomic mass is 10.1. The van der Waals surface area contributed by atoms with Gasteiger partial charge in [0.1, 0.15) is 5.75 Å². The van der Waals surface area contributed by atoms with Crippen LogP contribution in [0.5, 0.6) is 5.75 Å². The predicted octanol–water partition coefficient (Wildman–Crippen LogP) is 1.47. The fraction of sp³-hybridized carbons (Fsp3) is 0.182. The second-order valence-electron chi connectivity index (χ2n) is 6.43. The number of amides is 2. The van der Waals surface area contributed by atoms with Crippen LogP contribution in [0.3, 0.4) is 0 Å². The van der Waals surface area contributed by atoms with E-state index in [0.717, 1.165) is 11.3 Å². The standard InChI is InChI=1S/C22H22N4O4/c1-30-18-9-7-16(8-10-18)19-13-21(28)26(15-25-19)12-11-23-20(27)14-24-22(29)17-5-3-2-4-6-17/h2-10,13,15H,11-12,14H2,1H3,(H,23,27)(H,24,29). The van der Waals surface area contributed by atoms with Crippen LogP contribution in [0, 0.1) is 0 Å². The Bertz CT molecular complexity index is 1060. The Kier molecular flexibility index (Phi) is 6.94. The van der Waals surface area contributed by atoms with Crippen molar-refractivity contribution in [2.75, 3.05) is 20.2 Å². The molecule has 2 aromatic carbocycles. The molecule has 0 atom stereocenters. The van der Waals surface area contributed by atoms with E-state index in [-0.39, 0.29) is 37.0 Å². The predicted molar refractivity (Wildman–Crippen MR) is 112 cm³/mol. The Morgan fingerprint density at radius 2 is 1.77 bits per heavy atom. The van der Waals surface area contributed by atoms with Crippen molar-refractivity contribution >= 4 is 11.8 Å². The van der Waals surface area contributed by atoms with Crippen LogP contribution in [-0.2, 0) is 11.3 Å². The van der Waals surface area contributed by atoms with Gasteiger partial charge < -0.3 is 15.4 Å². The summed E-state index contributed by atoms with van der Waals surface area (Å²) in [6, 6.07) is 17.4. The third kappa shape index (κ3) is 5.54. The lowest BCUT2D eigenvalue weighted by molar-refractivity contribution is -0.120. The number of hydrogen-bond donors (Lipinski definition) is 2. The van der Waals surface area contributed by atoms with Gasteiger partial charge in [-0.05, 0) is 36.4 Å². The summed E-state index contributed by atoms with van der Waals surface area (Å²) in [5.41, 5.74) is 1.64. The molecule has 0 aliphatic carbocycles. The number of nitrogens with zero attached hydrogens (tertiary/aromatic N) is 2. The van der Waals surface area contributed by atoms with E-state index >= 15 is 0 Å². The van der Waals surface area contributed by atoms with E-state index in [1.807, 2.05) is 18.2 Å². The fourth-order valence-corrected chi connectivity index (χ4v) is 2.74. The van der Waals surface area contributed by atoms with Gasteiger partial charge in [0.2, 0.25) is 5.91 Å². The first-order chi connectivity index (χ1) is 14.6. The maximum absolute atomic E-state index is 12.3. The van der Waals surface area contributed by atoms with E-state index < -0.39 is 0 Å². The molecule has 8 nitrogen and oxygen atoms in total. The summed E-state index contributed by atoms with van der Waals surface area (Å²) in [6.07, 6.45) is 1.45. The zero-order chi connectivity index (χ0) is 21.3. The van der Waals surface area contributed by atoms with Crippen LogP contribution in [0.2, 0.25) is 0 Å². The number of carbonyl (C=O) groups is 2. The normalized spacial score (nSPS) is 10.3. The average Bonchev–Trinajstić information content (AvgIpc) is 2.79. The number of ether oxygens (including phenoxy) is 1. The average molecular weight is 406 g/mol. The van der Waals surface area contributed by atoms with Gasteiger partial charge in [-0.3, -0.25) is 19.0 Å². The third-order valence-corrected chi connectivity index (χ3v) is 4.39. The topological polar surface area (TPSA) is 102 Å². The summed E-state index contributed by atoms with van der Waals surface area (Å²) in [5.74, 6) is 0.0678. The Morgan fingerprint density at radius 3 is 2.43 bits per heavy atom. The molecule has 0 bridgehead atoms.